The number of nitrogens with one attached hydrogen (secondary N) is 1. The smallest absolute Gasteiger partial charge is 0.241 e. The number of carbonyl (C=O) groups excluding carboxylic acids is 3. The van der Waals surface area contributed by atoms with E-state index < -0.39 is 5.92 Å². The lowest BCUT2D eigenvalue weighted by molar-refractivity contribution is -0.126. The SMILES string of the molecule is COc1ccc2c(c1)C(CCNC(C)=O)C(=O)N2C(C)=O. The maximum atomic E-state index is 12.4. The maximum Gasteiger partial charge on any atom is 0.241 e. The second kappa shape index (κ2) is 5.95. The Morgan fingerprint density at radius 2 is 2.05 bits per heavy atom. The zero-order valence-corrected chi connectivity index (χ0v) is 12.3. The van der Waals surface area contributed by atoms with Crippen LogP contribution in [0.15, 0.2) is 18.2 Å². The van der Waals surface area contributed by atoms with Crippen LogP contribution in [0, 0.1) is 0 Å². The number of benzene rings is 1. The van der Waals surface area contributed by atoms with E-state index in [-0.39, 0.29) is 17.7 Å². The van der Waals surface area contributed by atoms with Crippen molar-refractivity contribution >= 4 is 23.4 Å². The molecule has 0 aromatic heterocycles. The van der Waals surface area contributed by atoms with Crippen molar-refractivity contribution in [1.82, 2.24) is 5.32 Å². The number of hydrogen-bond donors (Lipinski definition) is 1. The lowest BCUT2D eigenvalue weighted by atomic mass is 9.97. The number of amides is 3. The predicted octanol–water partition coefficient (Wildman–Crippen LogP) is 1.20. The molecule has 0 radical (unpaired) electrons. The van der Waals surface area contributed by atoms with Gasteiger partial charge in [-0.25, -0.2) is 4.90 Å². The molecule has 0 spiro atoms. The first kappa shape index (κ1) is 15.0. The molecule has 0 aliphatic carbocycles. The van der Waals surface area contributed by atoms with Gasteiger partial charge < -0.3 is 10.1 Å². The lowest BCUT2D eigenvalue weighted by Gasteiger charge is -2.13. The molecule has 1 N–H and O–H groups in total. The summed E-state index contributed by atoms with van der Waals surface area (Å²) in [6, 6.07) is 5.21. The van der Waals surface area contributed by atoms with Crippen molar-refractivity contribution in [3.05, 3.63) is 23.8 Å². The highest BCUT2D eigenvalue weighted by Crippen LogP contribution is 2.41. The second-order valence-corrected chi connectivity index (χ2v) is 4.94. The minimum Gasteiger partial charge on any atom is -0.497 e. The van der Waals surface area contributed by atoms with Crippen LogP contribution in [-0.2, 0) is 14.4 Å². The summed E-state index contributed by atoms with van der Waals surface area (Å²) in [7, 11) is 1.55. The van der Waals surface area contributed by atoms with Gasteiger partial charge in [0.25, 0.3) is 0 Å². The first-order chi connectivity index (χ1) is 9.95. The van der Waals surface area contributed by atoms with E-state index in [1.54, 1.807) is 25.3 Å². The molecule has 0 saturated carbocycles. The summed E-state index contributed by atoms with van der Waals surface area (Å²) in [5, 5.41) is 2.67. The van der Waals surface area contributed by atoms with E-state index in [1.807, 2.05) is 0 Å². The van der Waals surface area contributed by atoms with Crippen LogP contribution in [0.2, 0.25) is 0 Å². The van der Waals surface area contributed by atoms with E-state index >= 15 is 0 Å². The standard InChI is InChI=1S/C15H18N2O4/c1-9(18)16-7-6-12-13-8-11(21-3)4-5-14(13)17(10(2)19)15(12)20/h4-5,8,12H,6-7H2,1-3H3,(H,16,18). The Morgan fingerprint density at radius 3 is 2.62 bits per heavy atom. The molecule has 0 saturated heterocycles. The Morgan fingerprint density at radius 1 is 1.33 bits per heavy atom. The summed E-state index contributed by atoms with van der Waals surface area (Å²) in [5.41, 5.74) is 1.36. The summed E-state index contributed by atoms with van der Waals surface area (Å²) in [5.74, 6) is -0.512. The first-order valence-corrected chi connectivity index (χ1v) is 6.72. The quantitative estimate of drug-likeness (QED) is 0.904. The van der Waals surface area contributed by atoms with Crippen LogP contribution >= 0.6 is 0 Å². The van der Waals surface area contributed by atoms with Gasteiger partial charge >= 0.3 is 0 Å². The van der Waals surface area contributed by atoms with Gasteiger partial charge in [-0.2, -0.15) is 0 Å². The molecule has 1 heterocycles. The number of rotatable bonds is 4. The van der Waals surface area contributed by atoms with Crippen LogP contribution in [0.4, 0.5) is 5.69 Å². The third-order valence-corrected chi connectivity index (χ3v) is 3.49. The average molecular weight is 290 g/mol. The van der Waals surface area contributed by atoms with Gasteiger partial charge in [-0.1, -0.05) is 0 Å². The summed E-state index contributed by atoms with van der Waals surface area (Å²) in [4.78, 5) is 36.3. The number of nitrogens with zero attached hydrogens (tertiary/aromatic N) is 1. The average Bonchev–Trinajstić information content (AvgIpc) is 2.70. The molecule has 6 nitrogen and oxygen atoms in total. The number of imide groups is 1. The molecular weight excluding hydrogens is 272 g/mol. The van der Waals surface area contributed by atoms with Crippen molar-refractivity contribution in [2.24, 2.45) is 0 Å². The number of hydrogen-bond acceptors (Lipinski definition) is 4. The minimum atomic E-state index is -0.439. The normalized spacial score (nSPS) is 16.6. The lowest BCUT2D eigenvalue weighted by Crippen LogP contribution is -2.34. The monoisotopic (exact) mass is 290 g/mol. The molecule has 0 bridgehead atoms. The number of ether oxygens (including phenoxy) is 1. The molecule has 1 atom stereocenters. The van der Waals surface area contributed by atoms with Crippen molar-refractivity contribution < 1.29 is 19.1 Å². The number of fused-ring (bicyclic) bond motifs is 1. The van der Waals surface area contributed by atoms with Gasteiger partial charge in [-0.3, -0.25) is 14.4 Å². The van der Waals surface area contributed by atoms with Crippen molar-refractivity contribution in [3.63, 3.8) is 0 Å². The topological polar surface area (TPSA) is 75.7 Å². The van der Waals surface area contributed by atoms with Crippen LogP contribution in [-0.4, -0.2) is 31.4 Å². The van der Waals surface area contributed by atoms with E-state index in [0.29, 0.717) is 24.4 Å². The zero-order chi connectivity index (χ0) is 15.6. The second-order valence-electron chi connectivity index (χ2n) is 4.94. The van der Waals surface area contributed by atoms with Crippen LogP contribution in [0.1, 0.15) is 31.7 Å². The highest BCUT2D eigenvalue weighted by Gasteiger charge is 2.39. The van der Waals surface area contributed by atoms with E-state index in [4.69, 9.17) is 4.74 Å². The first-order valence-electron chi connectivity index (χ1n) is 6.72. The molecule has 3 amide bonds. The van der Waals surface area contributed by atoms with Gasteiger partial charge in [0.2, 0.25) is 17.7 Å². The van der Waals surface area contributed by atoms with E-state index in [9.17, 15) is 14.4 Å². The van der Waals surface area contributed by atoms with Crippen molar-refractivity contribution in [3.8, 4) is 5.75 Å². The van der Waals surface area contributed by atoms with Gasteiger partial charge in [0.05, 0.1) is 18.7 Å². The van der Waals surface area contributed by atoms with Crippen molar-refractivity contribution in [1.29, 1.82) is 0 Å². The van der Waals surface area contributed by atoms with Gasteiger partial charge in [0.1, 0.15) is 5.75 Å². The maximum absolute atomic E-state index is 12.4. The van der Waals surface area contributed by atoms with E-state index in [1.165, 1.54) is 18.7 Å². The summed E-state index contributed by atoms with van der Waals surface area (Å²) < 4.78 is 5.18. The molecule has 2 rings (SSSR count). The highest BCUT2D eigenvalue weighted by molar-refractivity contribution is 6.20. The fraction of sp³-hybridized carbons (Fsp3) is 0.400. The fourth-order valence-electron chi connectivity index (χ4n) is 2.55. The summed E-state index contributed by atoms with van der Waals surface area (Å²) in [6.07, 6.45) is 0.447. The molecule has 6 heteroatoms. The minimum absolute atomic E-state index is 0.144. The van der Waals surface area contributed by atoms with Gasteiger partial charge in [0, 0.05) is 20.4 Å². The van der Waals surface area contributed by atoms with Crippen molar-refractivity contribution in [2.45, 2.75) is 26.2 Å². The fourth-order valence-corrected chi connectivity index (χ4v) is 2.55. The third-order valence-electron chi connectivity index (χ3n) is 3.49. The van der Waals surface area contributed by atoms with Gasteiger partial charge in [-0.05, 0) is 30.2 Å². The molecular formula is C15H18N2O4. The zero-order valence-electron chi connectivity index (χ0n) is 12.3. The molecule has 0 fully saturated rings. The highest BCUT2D eigenvalue weighted by atomic mass is 16.5. The molecule has 21 heavy (non-hydrogen) atoms. The van der Waals surface area contributed by atoms with Crippen LogP contribution in [0.25, 0.3) is 0 Å². The van der Waals surface area contributed by atoms with E-state index in [0.717, 1.165) is 5.56 Å². The molecule has 1 aliphatic rings. The third kappa shape index (κ3) is 2.89. The molecule has 1 aliphatic heterocycles. The van der Waals surface area contributed by atoms with Gasteiger partial charge in [-0.15, -0.1) is 0 Å². The largest absolute Gasteiger partial charge is 0.497 e. The number of methoxy groups -OCH3 is 1. The summed E-state index contributed by atoms with van der Waals surface area (Å²) in [6.45, 7) is 3.17. The molecule has 1 unspecified atom stereocenters. The van der Waals surface area contributed by atoms with E-state index in [2.05, 4.69) is 5.32 Å². The molecule has 1 aromatic rings. The summed E-state index contributed by atoms with van der Waals surface area (Å²) >= 11 is 0. The Labute approximate surface area is 123 Å². The Balaban J connectivity index is 2.32. The number of carbonyl (C=O) groups is 3. The molecule has 1 aromatic carbocycles. The van der Waals surface area contributed by atoms with Crippen LogP contribution in [0.5, 0.6) is 5.75 Å². The predicted molar refractivity (Wildman–Crippen MR) is 77.2 cm³/mol. The molecule has 112 valence electrons. The Bertz CT molecular complexity index is 597. The Hall–Kier alpha value is -2.37. The van der Waals surface area contributed by atoms with Crippen LogP contribution in [0.3, 0.4) is 0 Å². The van der Waals surface area contributed by atoms with Gasteiger partial charge in [0.15, 0.2) is 0 Å². The van der Waals surface area contributed by atoms with Crippen LogP contribution < -0.4 is 15.0 Å². The Kier molecular flexibility index (Phi) is 4.26. The van der Waals surface area contributed by atoms with Crippen molar-refractivity contribution in [2.75, 3.05) is 18.6 Å². The number of anilines is 1.